The van der Waals surface area contributed by atoms with Gasteiger partial charge >= 0.3 is 0 Å². The maximum Gasteiger partial charge on any atom is 0.179 e. The Balaban J connectivity index is 1.83. The van der Waals surface area contributed by atoms with Crippen molar-refractivity contribution in [3.05, 3.63) is 41.4 Å². The van der Waals surface area contributed by atoms with E-state index in [0.29, 0.717) is 23.1 Å². The van der Waals surface area contributed by atoms with Gasteiger partial charge in [0, 0.05) is 25.5 Å². The molecule has 0 saturated carbocycles. The molecule has 6 heteroatoms. The summed E-state index contributed by atoms with van der Waals surface area (Å²) in [5, 5.41) is 4.01. The van der Waals surface area contributed by atoms with Gasteiger partial charge in [-0.3, -0.25) is 0 Å². The SMILES string of the molecule is CCCOc1c(Cl)cc(CNCCCn2ccnc2)cc1OC. The first-order chi connectivity index (χ1) is 11.2. The second kappa shape index (κ2) is 9.43. The van der Waals surface area contributed by atoms with Gasteiger partial charge in [0.2, 0.25) is 0 Å². The Labute approximate surface area is 142 Å². The molecule has 0 saturated heterocycles. The Morgan fingerprint density at radius 3 is 2.91 bits per heavy atom. The highest BCUT2D eigenvalue weighted by Gasteiger charge is 2.11. The molecule has 126 valence electrons. The normalized spacial score (nSPS) is 10.7. The van der Waals surface area contributed by atoms with Crippen molar-refractivity contribution < 1.29 is 9.47 Å². The topological polar surface area (TPSA) is 48.3 Å². The second-order valence-corrected chi connectivity index (χ2v) is 5.70. The number of aryl methyl sites for hydroxylation is 1. The molecular weight excluding hydrogens is 314 g/mol. The van der Waals surface area contributed by atoms with Gasteiger partial charge in [-0.15, -0.1) is 0 Å². The van der Waals surface area contributed by atoms with E-state index in [4.69, 9.17) is 21.1 Å². The number of benzene rings is 1. The van der Waals surface area contributed by atoms with Crippen LogP contribution in [0.15, 0.2) is 30.9 Å². The van der Waals surface area contributed by atoms with Crippen LogP contribution in [-0.2, 0) is 13.1 Å². The minimum atomic E-state index is 0.591. The van der Waals surface area contributed by atoms with Crippen molar-refractivity contribution in [2.24, 2.45) is 0 Å². The minimum Gasteiger partial charge on any atom is -0.493 e. The minimum absolute atomic E-state index is 0.591. The second-order valence-electron chi connectivity index (χ2n) is 5.29. The third-order valence-corrected chi connectivity index (χ3v) is 3.68. The van der Waals surface area contributed by atoms with E-state index in [9.17, 15) is 0 Å². The smallest absolute Gasteiger partial charge is 0.179 e. The fourth-order valence-electron chi connectivity index (χ4n) is 2.26. The van der Waals surface area contributed by atoms with Crippen molar-refractivity contribution >= 4 is 11.6 Å². The first-order valence-corrected chi connectivity index (χ1v) is 8.28. The Kier molecular flexibility index (Phi) is 7.23. The Morgan fingerprint density at radius 2 is 2.22 bits per heavy atom. The molecule has 5 nitrogen and oxygen atoms in total. The molecule has 23 heavy (non-hydrogen) atoms. The van der Waals surface area contributed by atoms with Gasteiger partial charge in [0.15, 0.2) is 11.5 Å². The lowest BCUT2D eigenvalue weighted by atomic mass is 10.2. The number of imidazole rings is 1. The lowest BCUT2D eigenvalue weighted by Crippen LogP contribution is -2.16. The van der Waals surface area contributed by atoms with Crippen LogP contribution in [0.5, 0.6) is 11.5 Å². The fraction of sp³-hybridized carbons (Fsp3) is 0.471. The molecule has 0 atom stereocenters. The summed E-state index contributed by atoms with van der Waals surface area (Å²) in [7, 11) is 1.63. The zero-order valence-electron chi connectivity index (χ0n) is 13.7. The maximum atomic E-state index is 6.31. The third kappa shape index (κ3) is 5.44. The quantitative estimate of drug-likeness (QED) is 0.674. The van der Waals surface area contributed by atoms with Gasteiger partial charge < -0.3 is 19.4 Å². The highest BCUT2D eigenvalue weighted by molar-refractivity contribution is 6.32. The van der Waals surface area contributed by atoms with Crippen LogP contribution in [0.3, 0.4) is 0 Å². The number of hydrogen-bond donors (Lipinski definition) is 1. The van der Waals surface area contributed by atoms with Crippen LogP contribution in [-0.4, -0.2) is 29.8 Å². The van der Waals surface area contributed by atoms with Crippen LogP contribution >= 0.6 is 11.6 Å². The molecule has 1 aromatic heterocycles. The Morgan fingerprint density at radius 1 is 1.35 bits per heavy atom. The number of nitrogens with zero attached hydrogens (tertiary/aromatic N) is 2. The van der Waals surface area contributed by atoms with E-state index in [1.807, 2.05) is 24.7 Å². The molecule has 1 heterocycles. The summed E-state index contributed by atoms with van der Waals surface area (Å²) in [4.78, 5) is 4.03. The van der Waals surface area contributed by atoms with Crippen LogP contribution in [0, 0.1) is 0 Å². The zero-order valence-corrected chi connectivity index (χ0v) is 14.5. The number of ether oxygens (including phenoxy) is 2. The Hall–Kier alpha value is -1.72. The largest absolute Gasteiger partial charge is 0.493 e. The lowest BCUT2D eigenvalue weighted by molar-refractivity contribution is 0.294. The highest BCUT2D eigenvalue weighted by atomic mass is 35.5. The molecule has 0 aliphatic carbocycles. The first kappa shape index (κ1) is 17.6. The molecular formula is C17H24ClN3O2. The molecule has 0 amide bonds. The van der Waals surface area contributed by atoms with E-state index in [-0.39, 0.29) is 0 Å². The van der Waals surface area contributed by atoms with Crippen molar-refractivity contribution in [1.82, 2.24) is 14.9 Å². The van der Waals surface area contributed by atoms with Gasteiger partial charge in [-0.1, -0.05) is 18.5 Å². The summed E-state index contributed by atoms with van der Waals surface area (Å²) in [5.74, 6) is 1.31. The summed E-state index contributed by atoms with van der Waals surface area (Å²) in [6.07, 6.45) is 7.57. The molecule has 2 aromatic rings. The molecule has 0 aliphatic heterocycles. The summed E-state index contributed by atoms with van der Waals surface area (Å²) < 4.78 is 13.1. The van der Waals surface area contributed by atoms with E-state index in [2.05, 4.69) is 21.8 Å². The third-order valence-electron chi connectivity index (χ3n) is 3.40. The maximum absolute atomic E-state index is 6.31. The van der Waals surface area contributed by atoms with Gasteiger partial charge in [0.05, 0.1) is 25.1 Å². The average molecular weight is 338 g/mol. The average Bonchev–Trinajstić information content (AvgIpc) is 3.06. The molecule has 0 radical (unpaired) electrons. The van der Waals surface area contributed by atoms with Crippen molar-refractivity contribution in [1.29, 1.82) is 0 Å². The van der Waals surface area contributed by atoms with E-state index in [0.717, 1.165) is 38.0 Å². The van der Waals surface area contributed by atoms with E-state index < -0.39 is 0 Å². The van der Waals surface area contributed by atoms with Gasteiger partial charge in [0.25, 0.3) is 0 Å². The zero-order chi connectivity index (χ0) is 16.5. The van der Waals surface area contributed by atoms with Gasteiger partial charge in [-0.05, 0) is 37.1 Å². The number of methoxy groups -OCH3 is 1. The predicted octanol–water partition coefficient (Wildman–Crippen LogP) is 3.51. The highest BCUT2D eigenvalue weighted by Crippen LogP contribution is 2.36. The summed E-state index contributed by atoms with van der Waals surface area (Å²) in [5.41, 5.74) is 1.08. The van der Waals surface area contributed by atoms with E-state index in [1.165, 1.54) is 0 Å². The molecule has 0 bridgehead atoms. The molecule has 0 aliphatic rings. The summed E-state index contributed by atoms with van der Waals surface area (Å²) in [6, 6.07) is 3.90. The molecule has 2 rings (SSSR count). The van der Waals surface area contributed by atoms with E-state index >= 15 is 0 Å². The summed E-state index contributed by atoms with van der Waals surface area (Å²) >= 11 is 6.31. The number of aromatic nitrogens is 2. The number of nitrogens with one attached hydrogen (secondary N) is 1. The van der Waals surface area contributed by atoms with Crippen molar-refractivity contribution in [2.75, 3.05) is 20.3 Å². The Bertz CT molecular complexity index is 588. The molecule has 1 aromatic carbocycles. The first-order valence-electron chi connectivity index (χ1n) is 7.90. The van der Waals surface area contributed by atoms with Crippen LogP contribution < -0.4 is 14.8 Å². The van der Waals surface area contributed by atoms with Crippen molar-refractivity contribution in [3.8, 4) is 11.5 Å². The number of rotatable bonds is 10. The summed E-state index contributed by atoms with van der Waals surface area (Å²) in [6.45, 7) is 5.31. The van der Waals surface area contributed by atoms with Gasteiger partial charge in [0.1, 0.15) is 0 Å². The molecule has 0 unspecified atom stereocenters. The predicted molar refractivity (Wildman–Crippen MR) is 92.3 cm³/mol. The van der Waals surface area contributed by atoms with E-state index in [1.54, 1.807) is 13.3 Å². The molecule has 1 N–H and O–H groups in total. The van der Waals surface area contributed by atoms with Crippen molar-refractivity contribution in [3.63, 3.8) is 0 Å². The van der Waals surface area contributed by atoms with Crippen LogP contribution in [0.1, 0.15) is 25.3 Å². The standard InChI is InChI=1S/C17H24ClN3O2/c1-3-9-23-17-15(18)10-14(11-16(17)22-2)12-19-5-4-7-21-8-6-20-13-21/h6,8,10-11,13,19H,3-5,7,9,12H2,1-2H3. The lowest BCUT2D eigenvalue weighted by Gasteiger charge is -2.14. The molecule has 0 spiro atoms. The van der Waals surface area contributed by atoms with Crippen molar-refractivity contribution in [2.45, 2.75) is 32.9 Å². The van der Waals surface area contributed by atoms with Gasteiger partial charge in [-0.25, -0.2) is 4.98 Å². The monoisotopic (exact) mass is 337 g/mol. The number of hydrogen-bond acceptors (Lipinski definition) is 4. The number of halogens is 1. The van der Waals surface area contributed by atoms with Crippen LogP contribution in [0.4, 0.5) is 0 Å². The fourth-order valence-corrected chi connectivity index (χ4v) is 2.55. The van der Waals surface area contributed by atoms with Crippen LogP contribution in [0.2, 0.25) is 5.02 Å². The molecule has 0 fully saturated rings. The van der Waals surface area contributed by atoms with Gasteiger partial charge in [-0.2, -0.15) is 0 Å². The van der Waals surface area contributed by atoms with Crippen LogP contribution in [0.25, 0.3) is 0 Å².